The predicted molar refractivity (Wildman–Crippen MR) is 125 cm³/mol. The maximum atomic E-state index is 14.6. The van der Waals surface area contributed by atoms with E-state index in [0.717, 1.165) is 11.8 Å². The molecule has 0 radical (unpaired) electrons. The van der Waals surface area contributed by atoms with Crippen LogP contribution in [0.3, 0.4) is 0 Å². The lowest BCUT2D eigenvalue weighted by atomic mass is 9.98. The fourth-order valence-corrected chi connectivity index (χ4v) is 4.34. The number of nitrogens with zero attached hydrogens (tertiary/aromatic N) is 2. The molecule has 0 amide bonds. The van der Waals surface area contributed by atoms with Crippen molar-refractivity contribution in [1.29, 1.82) is 0 Å². The van der Waals surface area contributed by atoms with Crippen LogP contribution in [0.5, 0.6) is 5.75 Å². The van der Waals surface area contributed by atoms with Gasteiger partial charge in [-0.2, -0.15) is 5.10 Å². The SMILES string of the molecule is COc1ccc(-c2c(-c3ccc(S(C)(=O)=O)cc3)nn(Cc3ccccc3)c2C(=O)O)cc1F. The Hall–Kier alpha value is -3.98. The number of ether oxygens (including phenoxy) is 1. The minimum Gasteiger partial charge on any atom is -0.494 e. The molecule has 1 N–H and O–H groups in total. The zero-order valence-corrected chi connectivity index (χ0v) is 19.2. The lowest BCUT2D eigenvalue weighted by molar-refractivity contribution is 0.0685. The van der Waals surface area contributed by atoms with E-state index in [0.29, 0.717) is 11.1 Å². The molecule has 0 saturated heterocycles. The average molecular weight is 481 g/mol. The summed E-state index contributed by atoms with van der Waals surface area (Å²) in [6, 6.07) is 19.4. The number of benzene rings is 3. The van der Waals surface area contributed by atoms with Crippen LogP contribution in [0.15, 0.2) is 77.7 Å². The van der Waals surface area contributed by atoms with Gasteiger partial charge in [0.1, 0.15) is 5.69 Å². The van der Waals surface area contributed by atoms with Gasteiger partial charge in [-0.25, -0.2) is 17.6 Å². The Morgan fingerprint density at radius 3 is 2.24 bits per heavy atom. The summed E-state index contributed by atoms with van der Waals surface area (Å²) >= 11 is 0. The van der Waals surface area contributed by atoms with Gasteiger partial charge in [-0.15, -0.1) is 0 Å². The molecule has 0 spiro atoms. The van der Waals surface area contributed by atoms with Crippen LogP contribution >= 0.6 is 0 Å². The van der Waals surface area contributed by atoms with E-state index in [2.05, 4.69) is 5.10 Å². The highest BCUT2D eigenvalue weighted by atomic mass is 32.2. The number of methoxy groups -OCH3 is 1. The van der Waals surface area contributed by atoms with Crippen molar-refractivity contribution < 1.29 is 27.4 Å². The summed E-state index contributed by atoms with van der Waals surface area (Å²) in [6.45, 7) is 0.176. The topological polar surface area (TPSA) is 98.5 Å². The van der Waals surface area contributed by atoms with Crippen molar-refractivity contribution in [3.05, 3.63) is 89.9 Å². The molecule has 0 bridgehead atoms. The van der Waals surface area contributed by atoms with Gasteiger partial charge in [0.05, 0.1) is 18.6 Å². The number of aromatic carboxylic acids is 1. The van der Waals surface area contributed by atoms with Crippen molar-refractivity contribution in [2.75, 3.05) is 13.4 Å². The molecule has 4 aromatic rings. The molecule has 1 aromatic heterocycles. The van der Waals surface area contributed by atoms with Gasteiger partial charge in [0.15, 0.2) is 27.1 Å². The number of hydrogen-bond acceptors (Lipinski definition) is 5. The van der Waals surface area contributed by atoms with E-state index in [4.69, 9.17) is 4.74 Å². The van der Waals surface area contributed by atoms with E-state index in [1.807, 2.05) is 30.3 Å². The number of carboxylic acid groups (broad SMARTS) is 1. The molecule has 7 nitrogen and oxygen atoms in total. The van der Waals surface area contributed by atoms with E-state index in [1.54, 1.807) is 18.2 Å². The van der Waals surface area contributed by atoms with Crippen molar-refractivity contribution in [2.24, 2.45) is 0 Å². The second kappa shape index (κ2) is 9.11. The first-order chi connectivity index (χ1) is 16.2. The Bertz CT molecular complexity index is 1460. The summed E-state index contributed by atoms with van der Waals surface area (Å²) in [5.41, 5.74) is 2.02. The van der Waals surface area contributed by atoms with Crippen LogP contribution < -0.4 is 4.74 Å². The molecule has 174 valence electrons. The lowest BCUT2D eigenvalue weighted by Crippen LogP contribution is -2.11. The third-order valence-corrected chi connectivity index (χ3v) is 6.46. The van der Waals surface area contributed by atoms with E-state index >= 15 is 0 Å². The second-order valence-corrected chi connectivity index (χ2v) is 9.68. The standard InChI is InChI=1S/C25H21FN2O5S/c1-33-21-13-10-18(14-20(21)26)22-23(17-8-11-19(12-9-17)34(2,31)32)27-28(24(22)25(29)30)15-16-6-4-3-5-7-16/h3-14H,15H2,1-2H3,(H,29,30). The van der Waals surface area contributed by atoms with Gasteiger partial charge in [0.25, 0.3) is 0 Å². The van der Waals surface area contributed by atoms with Gasteiger partial charge in [0, 0.05) is 17.4 Å². The summed E-state index contributed by atoms with van der Waals surface area (Å²) in [6.07, 6.45) is 1.10. The molecule has 3 aromatic carbocycles. The van der Waals surface area contributed by atoms with Crippen LogP contribution in [0, 0.1) is 5.82 Å². The fourth-order valence-electron chi connectivity index (χ4n) is 3.71. The van der Waals surface area contributed by atoms with Crippen LogP contribution in [0.2, 0.25) is 0 Å². The predicted octanol–water partition coefficient (Wildman–Crippen LogP) is 4.51. The Kier molecular flexibility index (Phi) is 6.21. The maximum absolute atomic E-state index is 14.6. The number of hydrogen-bond donors (Lipinski definition) is 1. The number of aromatic nitrogens is 2. The largest absolute Gasteiger partial charge is 0.494 e. The second-order valence-electron chi connectivity index (χ2n) is 7.67. The third kappa shape index (κ3) is 4.55. The van der Waals surface area contributed by atoms with Crippen molar-refractivity contribution >= 4 is 15.8 Å². The van der Waals surface area contributed by atoms with Gasteiger partial charge in [-0.1, -0.05) is 48.5 Å². The first-order valence-electron chi connectivity index (χ1n) is 10.2. The molecular weight excluding hydrogens is 459 g/mol. The van der Waals surface area contributed by atoms with Crippen LogP contribution in [0.1, 0.15) is 16.1 Å². The minimum absolute atomic E-state index is 0.0244. The molecular formula is C25H21FN2O5S. The van der Waals surface area contributed by atoms with Gasteiger partial charge < -0.3 is 9.84 Å². The molecule has 0 fully saturated rings. The van der Waals surface area contributed by atoms with Crippen molar-refractivity contribution in [1.82, 2.24) is 9.78 Å². The maximum Gasteiger partial charge on any atom is 0.354 e. The van der Waals surface area contributed by atoms with E-state index in [9.17, 15) is 22.7 Å². The normalized spacial score (nSPS) is 11.4. The quantitative estimate of drug-likeness (QED) is 0.418. The van der Waals surface area contributed by atoms with Gasteiger partial charge >= 0.3 is 5.97 Å². The number of sulfone groups is 1. The molecule has 0 aliphatic carbocycles. The van der Waals surface area contributed by atoms with E-state index in [1.165, 1.54) is 36.1 Å². The molecule has 1 heterocycles. The Morgan fingerprint density at radius 2 is 1.68 bits per heavy atom. The zero-order valence-electron chi connectivity index (χ0n) is 18.4. The summed E-state index contributed by atoms with van der Waals surface area (Å²) in [7, 11) is -2.08. The first kappa shape index (κ1) is 23.2. The Balaban J connectivity index is 1.96. The average Bonchev–Trinajstić information content (AvgIpc) is 3.18. The highest BCUT2D eigenvalue weighted by molar-refractivity contribution is 7.90. The monoisotopic (exact) mass is 480 g/mol. The summed E-state index contributed by atoms with van der Waals surface area (Å²) in [5, 5.41) is 14.7. The number of rotatable bonds is 7. The molecule has 0 aliphatic rings. The molecule has 0 saturated carbocycles. The zero-order chi connectivity index (χ0) is 24.5. The van der Waals surface area contributed by atoms with Crippen LogP contribution in [-0.4, -0.2) is 42.6 Å². The molecule has 0 aliphatic heterocycles. The first-order valence-corrected chi connectivity index (χ1v) is 12.1. The van der Waals surface area contributed by atoms with E-state index < -0.39 is 21.6 Å². The molecule has 4 rings (SSSR count). The van der Waals surface area contributed by atoms with Gasteiger partial charge in [-0.05, 0) is 35.4 Å². The summed E-state index contributed by atoms with van der Waals surface area (Å²) < 4.78 is 44.7. The van der Waals surface area contributed by atoms with Gasteiger partial charge in [0.2, 0.25) is 0 Å². The minimum atomic E-state index is -3.42. The van der Waals surface area contributed by atoms with Crippen molar-refractivity contribution in [2.45, 2.75) is 11.4 Å². The van der Waals surface area contributed by atoms with Gasteiger partial charge in [-0.3, -0.25) is 4.68 Å². The fraction of sp³-hybridized carbons (Fsp3) is 0.120. The Morgan fingerprint density at radius 1 is 1.03 bits per heavy atom. The summed E-state index contributed by atoms with van der Waals surface area (Å²) in [5.74, 6) is -1.85. The highest BCUT2D eigenvalue weighted by Crippen LogP contribution is 2.37. The lowest BCUT2D eigenvalue weighted by Gasteiger charge is -2.09. The smallest absolute Gasteiger partial charge is 0.354 e. The number of carboxylic acids is 1. The Labute approximate surface area is 196 Å². The number of carbonyl (C=O) groups is 1. The van der Waals surface area contributed by atoms with Crippen LogP contribution in [0.4, 0.5) is 4.39 Å². The molecule has 9 heteroatoms. The van der Waals surface area contributed by atoms with Crippen molar-refractivity contribution in [3.63, 3.8) is 0 Å². The van der Waals surface area contributed by atoms with E-state index in [-0.39, 0.29) is 34.1 Å². The third-order valence-electron chi connectivity index (χ3n) is 5.33. The highest BCUT2D eigenvalue weighted by Gasteiger charge is 2.26. The molecule has 0 unspecified atom stereocenters. The van der Waals surface area contributed by atoms with Crippen LogP contribution in [0.25, 0.3) is 22.4 Å². The number of halogens is 1. The molecule has 0 atom stereocenters. The summed E-state index contributed by atoms with van der Waals surface area (Å²) in [4.78, 5) is 12.5. The van der Waals surface area contributed by atoms with Crippen molar-refractivity contribution in [3.8, 4) is 28.1 Å². The molecule has 34 heavy (non-hydrogen) atoms. The van der Waals surface area contributed by atoms with Crippen LogP contribution in [-0.2, 0) is 16.4 Å².